The summed E-state index contributed by atoms with van der Waals surface area (Å²) in [4.78, 5) is 4.50. The van der Waals surface area contributed by atoms with Crippen LogP contribution in [0.4, 0.5) is 0 Å². The fourth-order valence-electron chi connectivity index (χ4n) is 3.40. The van der Waals surface area contributed by atoms with Gasteiger partial charge in [-0.2, -0.15) is 5.10 Å². The second kappa shape index (κ2) is 2.48. The molecule has 0 aromatic carbocycles. The number of rotatable bonds is 0. The lowest BCUT2D eigenvalue weighted by Gasteiger charge is -2.33. The van der Waals surface area contributed by atoms with E-state index in [4.69, 9.17) is 12.2 Å². The average molecular weight is 221 g/mol. The van der Waals surface area contributed by atoms with Gasteiger partial charge in [0.1, 0.15) is 0 Å². The number of fused-ring (bicyclic) bond motifs is 5. The summed E-state index contributed by atoms with van der Waals surface area (Å²) in [6.45, 7) is 6.97. The van der Waals surface area contributed by atoms with Crippen molar-refractivity contribution in [2.45, 2.75) is 44.9 Å². The third-order valence-electron chi connectivity index (χ3n) is 4.81. The van der Waals surface area contributed by atoms with E-state index in [-0.39, 0.29) is 10.8 Å². The zero-order valence-electron chi connectivity index (χ0n) is 9.29. The number of nitrogens with one attached hydrogen (secondary N) is 1. The first-order valence-corrected chi connectivity index (χ1v) is 5.85. The van der Waals surface area contributed by atoms with Gasteiger partial charge in [0.25, 0.3) is 0 Å². The molecular weight excluding hydrogens is 206 g/mol. The van der Waals surface area contributed by atoms with Crippen molar-refractivity contribution in [1.82, 2.24) is 15.2 Å². The summed E-state index contributed by atoms with van der Waals surface area (Å²) in [5.41, 5.74) is 2.74. The van der Waals surface area contributed by atoms with Crippen LogP contribution in [0.5, 0.6) is 0 Å². The molecule has 1 fully saturated rings. The minimum Gasteiger partial charge on any atom is -0.252 e. The Morgan fingerprint density at radius 3 is 2.87 bits per heavy atom. The molecule has 1 aromatic heterocycles. The van der Waals surface area contributed by atoms with Crippen molar-refractivity contribution < 1.29 is 0 Å². The summed E-state index contributed by atoms with van der Waals surface area (Å²) in [6, 6.07) is 0. The number of hydrogen-bond acceptors (Lipinski definition) is 3. The van der Waals surface area contributed by atoms with Crippen LogP contribution < -0.4 is 0 Å². The lowest BCUT2D eigenvalue weighted by Crippen LogP contribution is -2.32. The highest BCUT2D eigenvalue weighted by molar-refractivity contribution is 7.71. The normalized spacial score (nSPS) is 35.5. The summed E-state index contributed by atoms with van der Waals surface area (Å²) in [7, 11) is 0. The van der Waals surface area contributed by atoms with Crippen LogP contribution in [0.25, 0.3) is 0 Å². The molecular formula is C11H15N3S. The third kappa shape index (κ3) is 0.893. The average Bonchev–Trinajstić information content (AvgIpc) is 2.48. The van der Waals surface area contributed by atoms with E-state index >= 15 is 0 Å². The Bertz CT molecular complexity index is 491. The molecule has 1 saturated carbocycles. The zero-order chi connectivity index (χ0) is 10.8. The summed E-state index contributed by atoms with van der Waals surface area (Å²) in [6.07, 6.45) is 2.45. The highest BCUT2D eigenvalue weighted by Gasteiger charge is 2.61. The Kier molecular flexibility index (Phi) is 1.57. The maximum Gasteiger partial charge on any atom is 0.213 e. The molecule has 2 bridgehead atoms. The Balaban J connectivity index is 2.34. The lowest BCUT2D eigenvalue weighted by atomic mass is 9.70. The maximum atomic E-state index is 5.06. The first-order chi connectivity index (χ1) is 6.97. The SMILES string of the molecule is CC1(C)[C@H]2CC[C@@]1(C)c1nc(=S)[nH]nc12. The van der Waals surface area contributed by atoms with Gasteiger partial charge < -0.3 is 0 Å². The van der Waals surface area contributed by atoms with Crippen molar-refractivity contribution in [2.75, 3.05) is 0 Å². The van der Waals surface area contributed by atoms with E-state index in [9.17, 15) is 0 Å². The van der Waals surface area contributed by atoms with Crippen LogP contribution in [0.2, 0.25) is 0 Å². The molecule has 0 saturated heterocycles. The van der Waals surface area contributed by atoms with Gasteiger partial charge in [-0.1, -0.05) is 20.8 Å². The van der Waals surface area contributed by atoms with Crippen molar-refractivity contribution in [3.63, 3.8) is 0 Å². The van der Waals surface area contributed by atoms with Crippen LogP contribution in [0.15, 0.2) is 0 Å². The van der Waals surface area contributed by atoms with Crippen molar-refractivity contribution in [3.8, 4) is 0 Å². The molecule has 15 heavy (non-hydrogen) atoms. The van der Waals surface area contributed by atoms with E-state index in [0.717, 1.165) is 11.4 Å². The summed E-state index contributed by atoms with van der Waals surface area (Å²) < 4.78 is 0.512. The topological polar surface area (TPSA) is 41.6 Å². The molecule has 2 aliphatic rings. The highest BCUT2D eigenvalue weighted by Crippen LogP contribution is 2.66. The van der Waals surface area contributed by atoms with Gasteiger partial charge in [-0.3, -0.25) is 5.10 Å². The predicted octanol–water partition coefficient (Wildman–Crippen LogP) is 2.71. The number of hydrogen-bond donors (Lipinski definition) is 1. The highest BCUT2D eigenvalue weighted by atomic mass is 32.1. The maximum absolute atomic E-state index is 5.06. The van der Waals surface area contributed by atoms with Crippen molar-refractivity contribution in [3.05, 3.63) is 16.2 Å². The standard InChI is InChI=1S/C11H15N3S/c1-10(2)6-4-5-11(10,3)8-7(6)13-14-9(15)12-8/h6H,4-5H2,1-3H3,(H,12,14,15)/t6-,11-/m0/s1. The van der Waals surface area contributed by atoms with Crippen molar-refractivity contribution >= 4 is 12.2 Å². The van der Waals surface area contributed by atoms with Crippen LogP contribution in [-0.2, 0) is 5.41 Å². The van der Waals surface area contributed by atoms with Gasteiger partial charge in [-0.25, -0.2) is 4.98 Å². The van der Waals surface area contributed by atoms with Crippen molar-refractivity contribution in [1.29, 1.82) is 0 Å². The lowest BCUT2D eigenvalue weighted by molar-refractivity contribution is 0.227. The van der Waals surface area contributed by atoms with Crippen LogP contribution in [0.3, 0.4) is 0 Å². The van der Waals surface area contributed by atoms with E-state index in [1.54, 1.807) is 0 Å². The molecule has 0 amide bonds. The molecule has 2 aliphatic carbocycles. The molecule has 3 rings (SSSR count). The number of nitrogens with zero attached hydrogens (tertiary/aromatic N) is 2. The van der Waals surface area contributed by atoms with Gasteiger partial charge in [0.2, 0.25) is 4.77 Å². The van der Waals surface area contributed by atoms with E-state index in [1.807, 2.05) is 0 Å². The molecule has 0 aliphatic heterocycles. The van der Waals surface area contributed by atoms with E-state index < -0.39 is 0 Å². The fraction of sp³-hybridized carbons (Fsp3) is 0.727. The van der Waals surface area contributed by atoms with E-state index in [0.29, 0.717) is 10.7 Å². The van der Waals surface area contributed by atoms with Gasteiger partial charge in [0, 0.05) is 11.3 Å². The Labute approximate surface area is 94.3 Å². The van der Waals surface area contributed by atoms with Crippen LogP contribution >= 0.6 is 12.2 Å². The Morgan fingerprint density at radius 2 is 2.13 bits per heavy atom. The fourth-order valence-corrected chi connectivity index (χ4v) is 3.53. The number of aromatic nitrogens is 3. The first kappa shape index (κ1) is 9.46. The molecule has 0 spiro atoms. The molecule has 1 aromatic rings. The molecule has 4 heteroatoms. The predicted molar refractivity (Wildman–Crippen MR) is 60.3 cm³/mol. The van der Waals surface area contributed by atoms with Gasteiger partial charge in [0.15, 0.2) is 0 Å². The quantitative estimate of drug-likeness (QED) is 0.685. The summed E-state index contributed by atoms with van der Waals surface area (Å²) in [5.74, 6) is 0.553. The third-order valence-corrected chi connectivity index (χ3v) is 4.99. The first-order valence-electron chi connectivity index (χ1n) is 5.44. The van der Waals surface area contributed by atoms with Gasteiger partial charge in [0.05, 0.1) is 11.4 Å². The molecule has 80 valence electrons. The number of H-pyrrole nitrogens is 1. The van der Waals surface area contributed by atoms with Crippen molar-refractivity contribution in [2.24, 2.45) is 5.41 Å². The number of aromatic amines is 1. The largest absolute Gasteiger partial charge is 0.252 e. The van der Waals surface area contributed by atoms with Crippen LogP contribution in [0.1, 0.15) is 50.9 Å². The van der Waals surface area contributed by atoms with E-state index in [2.05, 4.69) is 36.0 Å². The molecule has 3 nitrogen and oxygen atoms in total. The minimum absolute atomic E-state index is 0.169. The molecule has 0 unspecified atom stereocenters. The van der Waals surface area contributed by atoms with Gasteiger partial charge in [-0.05, 0) is 30.5 Å². The second-order valence-corrected chi connectivity index (χ2v) is 5.91. The smallest absolute Gasteiger partial charge is 0.213 e. The molecule has 1 N–H and O–H groups in total. The molecule has 2 atom stereocenters. The second-order valence-electron chi connectivity index (χ2n) is 5.52. The van der Waals surface area contributed by atoms with Crippen LogP contribution in [-0.4, -0.2) is 15.2 Å². The monoisotopic (exact) mass is 221 g/mol. The minimum atomic E-state index is 0.169. The summed E-state index contributed by atoms with van der Waals surface area (Å²) >= 11 is 5.06. The Hall–Kier alpha value is -0.770. The van der Waals surface area contributed by atoms with E-state index in [1.165, 1.54) is 12.8 Å². The Morgan fingerprint density at radius 1 is 1.40 bits per heavy atom. The van der Waals surface area contributed by atoms with Gasteiger partial charge >= 0.3 is 0 Å². The summed E-state index contributed by atoms with van der Waals surface area (Å²) in [5, 5.41) is 7.22. The molecule has 0 radical (unpaired) electrons. The van der Waals surface area contributed by atoms with Crippen LogP contribution in [0, 0.1) is 10.2 Å². The molecule has 1 heterocycles. The zero-order valence-corrected chi connectivity index (χ0v) is 10.1. The van der Waals surface area contributed by atoms with Gasteiger partial charge in [-0.15, -0.1) is 0 Å².